The summed E-state index contributed by atoms with van der Waals surface area (Å²) < 4.78 is 29.1. The average molecular weight is 244 g/mol. The Kier molecular flexibility index (Phi) is 2.16. The van der Waals surface area contributed by atoms with Crippen LogP contribution in [-0.2, 0) is 5.92 Å². The Morgan fingerprint density at radius 1 is 0.889 bits per heavy atom. The van der Waals surface area contributed by atoms with Crippen molar-refractivity contribution in [2.75, 3.05) is 0 Å². The molecule has 0 unspecified atom stereocenters. The normalized spacial score (nSPS) is 15.4. The number of alkyl halides is 2. The van der Waals surface area contributed by atoms with Crippen LogP contribution in [-0.4, -0.2) is 0 Å². The summed E-state index contributed by atoms with van der Waals surface area (Å²) in [4.78, 5) is 0. The summed E-state index contributed by atoms with van der Waals surface area (Å²) >= 11 is 0. The maximum absolute atomic E-state index is 14.6. The van der Waals surface area contributed by atoms with Gasteiger partial charge in [-0.2, -0.15) is 8.78 Å². The van der Waals surface area contributed by atoms with Gasteiger partial charge in [-0.1, -0.05) is 29.8 Å². The highest BCUT2D eigenvalue weighted by Gasteiger charge is 2.45. The zero-order chi connectivity index (χ0) is 13.1. The summed E-state index contributed by atoms with van der Waals surface area (Å²) in [7, 11) is 0. The minimum Gasteiger partial charge on any atom is -0.196 e. The first-order chi connectivity index (χ1) is 8.43. The third-order valence-corrected chi connectivity index (χ3v) is 3.85. The first kappa shape index (κ1) is 11.4. The van der Waals surface area contributed by atoms with Crippen molar-refractivity contribution in [3.8, 4) is 11.1 Å². The molecule has 0 saturated heterocycles. The van der Waals surface area contributed by atoms with Crippen LogP contribution in [0.1, 0.15) is 27.8 Å². The minimum atomic E-state index is -2.87. The molecular formula is C16H14F2. The first-order valence-corrected chi connectivity index (χ1v) is 6.03. The van der Waals surface area contributed by atoms with Gasteiger partial charge in [-0.15, -0.1) is 0 Å². The van der Waals surface area contributed by atoms with Crippen LogP contribution in [0.15, 0.2) is 30.3 Å². The highest BCUT2D eigenvalue weighted by Crippen LogP contribution is 2.52. The summed E-state index contributed by atoms with van der Waals surface area (Å²) in [5.41, 5.74) is 4.16. The number of rotatable bonds is 0. The van der Waals surface area contributed by atoms with Crippen LogP contribution >= 0.6 is 0 Å². The second-order valence-corrected chi connectivity index (χ2v) is 5.05. The summed E-state index contributed by atoms with van der Waals surface area (Å²) in [6.45, 7) is 5.50. The number of hydrogen-bond donors (Lipinski definition) is 0. The molecule has 2 aromatic carbocycles. The monoisotopic (exact) mass is 244 g/mol. The van der Waals surface area contributed by atoms with E-state index in [9.17, 15) is 8.78 Å². The summed E-state index contributed by atoms with van der Waals surface area (Å²) in [6, 6.07) is 9.02. The Morgan fingerprint density at radius 3 is 2.28 bits per heavy atom. The molecule has 0 amide bonds. The maximum atomic E-state index is 14.6. The van der Waals surface area contributed by atoms with Gasteiger partial charge in [-0.3, -0.25) is 0 Å². The van der Waals surface area contributed by atoms with E-state index in [1.807, 2.05) is 32.0 Å². The molecule has 1 aliphatic rings. The van der Waals surface area contributed by atoms with E-state index in [1.54, 1.807) is 19.1 Å². The van der Waals surface area contributed by atoms with E-state index in [1.165, 1.54) is 0 Å². The van der Waals surface area contributed by atoms with Crippen molar-refractivity contribution in [1.82, 2.24) is 0 Å². The largest absolute Gasteiger partial charge is 0.299 e. The number of halogens is 2. The summed E-state index contributed by atoms with van der Waals surface area (Å²) in [5, 5.41) is 0. The molecule has 92 valence electrons. The van der Waals surface area contributed by atoms with Crippen LogP contribution in [0.5, 0.6) is 0 Å². The molecule has 0 nitrogen and oxygen atoms in total. The zero-order valence-corrected chi connectivity index (χ0v) is 10.6. The molecule has 0 N–H and O–H groups in total. The average Bonchev–Trinajstić information content (AvgIpc) is 2.53. The topological polar surface area (TPSA) is 0 Å². The van der Waals surface area contributed by atoms with Gasteiger partial charge in [0.15, 0.2) is 0 Å². The molecule has 1 aliphatic carbocycles. The van der Waals surface area contributed by atoms with Crippen LogP contribution in [0.25, 0.3) is 11.1 Å². The Bertz CT molecular complexity index is 654. The van der Waals surface area contributed by atoms with Gasteiger partial charge >= 0.3 is 0 Å². The van der Waals surface area contributed by atoms with Crippen LogP contribution in [0.3, 0.4) is 0 Å². The maximum Gasteiger partial charge on any atom is 0.299 e. The molecule has 0 aliphatic heterocycles. The van der Waals surface area contributed by atoms with Crippen LogP contribution in [0.4, 0.5) is 8.78 Å². The molecule has 0 heterocycles. The van der Waals surface area contributed by atoms with Crippen molar-refractivity contribution in [2.24, 2.45) is 0 Å². The predicted octanol–water partition coefficient (Wildman–Crippen LogP) is 4.73. The fraction of sp³-hybridized carbons (Fsp3) is 0.250. The first-order valence-electron chi connectivity index (χ1n) is 6.03. The molecule has 2 heteroatoms. The van der Waals surface area contributed by atoms with E-state index >= 15 is 0 Å². The molecule has 0 spiro atoms. The molecule has 0 radical (unpaired) electrons. The van der Waals surface area contributed by atoms with Crippen LogP contribution in [0.2, 0.25) is 0 Å². The van der Waals surface area contributed by atoms with Gasteiger partial charge in [0.2, 0.25) is 0 Å². The predicted molar refractivity (Wildman–Crippen MR) is 69.1 cm³/mol. The standard InChI is InChI=1S/C16H14F2/c1-9-4-6-12-13-7-5-10(2)11(3)15(13)16(17,18)14(12)8-9/h4-8H,1-3H3. The van der Waals surface area contributed by atoms with Gasteiger partial charge in [0.05, 0.1) is 0 Å². The van der Waals surface area contributed by atoms with E-state index in [0.717, 1.165) is 11.1 Å². The van der Waals surface area contributed by atoms with Crippen molar-refractivity contribution in [1.29, 1.82) is 0 Å². The molecule has 0 saturated carbocycles. The molecule has 0 aromatic heterocycles. The molecule has 0 fully saturated rings. The molecule has 0 atom stereocenters. The van der Waals surface area contributed by atoms with Crippen LogP contribution in [0, 0.1) is 20.8 Å². The van der Waals surface area contributed by atoms with Crippen molar-refractivity contribution in [2.45, 2.75) is 26.7 Å². The van der Waals surface area contributed by atoms with Gasteiger partial charge in [-0.25, -0.2) is 0 Å². The number of hydrogen-bond acceptors (Lipinski definition) is 0. The lowest BCUT2D eigenvalue weighted by molar-refractivity contribution is 0.0472. The molecule has 0 bridgehead atoms. The van der Waals surface area contributed by atoms with Crippen LogP contribution < -0.4 is 0 Å². The van der Waals surface area contributed by atoms with Crippen molar-refractivity contribution < 1.29 is 8.78 Å². The van der Waals surface area contributed by atoms with Gasteiger partial charge in [-0.05, 0) is 49.1 Å². The second-order valence-electron chi connectivity index (χ2n) is 5.05. The van der Waals surface area contributed by atoms with E-state index in [-0.39, 0.29) is 11.1 Å². The molecule has 3 rings (SSSR count). The summed E-state index contributed by atoms with van der Waals surface area (Å²) in [6.07, 6.45) is 0. The SMILES string of the molecule is Cc1ccc2c(c1)C(F)(F)c1c-2ccc(C)c1C. The Balaban J connectivity index is 2.42. The van der Waals surface area contributed by atoms with Gasteiger partial charge in [0.1, 0.15) is 0 Å². The smallest absolute Gasteiger partial charge is 0.196 e. The lowest BCUT2D eigenvalue weighted by Gasteiger charge is -2.16. The second kappa shape index (κ2) is 3.41. The van der Waals surface area contributed by atoms with E-state index < -0.39 is 5.92 Å². The fourth-order valence-electron chi connectivity index (χ4n) is 2.73. The Hall–Kier alpha value is -1.70. The highest BCUT2D eigenvalue weighted by atomic mass is 19.3. The summed E-state index contributed by atoms with van der Waals surface area (Å²) in [5.74, 6) is -2.87. The molecular weight excluding hydrogens is 230 g/mol. The molecule has 18 heavy (non-hydrogen) atoms. The lowest BCUT2D eigenvalue weighted by atomic mass is 9.97. The third-order valence-electron chi connectivity index (χ3n) is 3.85. The van der Waals surface area contributed by atoms with Crippen molar-refractivity contribution in [3.63, 3.8) is 0 Å². The Morgan fingerprint density at radius 2 is 1.56 bits per heavy atom. The quantitative estimate of drug-likeness (QED) is 0.628. The Labute approximate surface area is 105 Å². The fourth-order valence-corrected chi connectivity index (χ4v) is 2.73. The van der Waals surface area contributed by atoms with Gasteiger partial charge in [0.25, 0.3) is 5.92 Å². The zero-order valence-electron chi connectivity index (χ0n) is 10.6. The third kappa shape index (κ3) is 1.29. The number of aryl methyl sites for hydroxylation is 2. The number of benzene rings is 2. The highest BCUT2D eigenvalue weighted by molar-refractivity contribution is 5.81. The van der Waals surface area contributed by atoms with Crippen molar-refractivity contribution in [3.05, 3.63) is 58.1 Å². The van der Waals surface area contributed by atoms with Crippen molar-refractivity contribution >= 4 is 0 Å². The van der Waals surface area contributed by atoms with E-state index in [2.05, 4.69) is 0 Å². The van der Waals surface area contributed by atoms with Gasteiger partial charge < -0.3 is 0 Å². The molecule has 2 aromatic rings. The lowest BCUT2D eigenvalue weighted by Crippen LogP contribution is -2.13. The van der Waals surface area contributed by atoms with Gasteiger partial charge in [0, 0.05) is 11.1 Å². The number of fused-ring (bicyclic) bond motifs is 3. The van der Waals surface area contributed by atoms with E-state index in [0.29, 0.717) is 16.7 Å². The minimum absolute atomic E-state index is 0.145. The van der Waals surface area contributed by atoms with E-state index in [4.69, 9.17) is 0 Å².